The number of nitrogen functional groups attached to an aromatic ring is 1. The zero-order chi connectivity index (χ0) is 15.6. The van der Waals surface area contributed by atoms with Crippen LogP contribution in [0.15, 0.2) is 30.6 Å². The van der Waals surface area contributed by atoms with Gasteiger partial charge in [-0.1, -0.05) is 52.5 Å². The predicted octanol–water partition coefficient (Wildman–Crippen LogP) is 2.47. The SMILES string of the molecule is Cc1ccc(C(=O)NC(n2ncnc2N)C(Cl)(Cl)Cl)cc1. The van der Waals surface area contributed by atoms with Crippen LogP contribution >= 0.6 is 34.8 Å². The summed E-state index contributed by atoms with van der Waals surface area (Å²) in [6.45, 7) is 1.92. The zero-order valence-corrected chi connectivity index (χ0v) is 13.2. The van der Waals surface area contributed by atoms with E-state index in [0.717, 1.165) is 10.2 Å². The fourth-order valence-electron chi connectivity index (χ4n) is 1.65. The summed E-state index contributed by atoms with van der Waals surface area (Å²) < 4.78 is -0.707. The van der Waals surface area contributed by atoms with Crippen LogP contribution in [0.4, 0.5) is 5.95 Å². The highest BCUT2D eigenvalue weighted by atomic mass is 35.6. The van der Waals surface area contributed by atoms with Gasteiger partial charge in [0.2, 0.25) is 9.74 Å². The van der Waals surface area contributed by atoms with Gasteiger partial charge in [-0.2, -0.15) is 10.1 Å². The molecule has 6 nitrogen and oxygen atoms in total. The molecule has 112 valence electrons. The molecular formula is C12H12Cl3N5O. The lowest BCUT2D eigenvalue weighted by Crippen LogP contribution is -2.41. The highest BCUT2D eigenvalue weighted by Crippen LogP contribution is 2.37. The Hall–Kier alpha value is -1.50. The summed E-state index contributed by atoms with van der Waals surface area (Å²) in [4.78, 5) is 16.0. The van der Waals surface area contributed by atoms with Crippen molar-refractivity contribution in [1.29, 1.82) is 0 Å². The minimum absolute atomic E-state index is 0.0236. The molecular weight excluding hydrogens is 337 g/mol. The summed E-state index contributed by atoms with van der Waals surface area (Å²) >= 11 is 17.7. The minimum atomic E-state index is -1.85. The van der Waals surface area contributed by atoms with Crippen molar-refractivity contribution >= 4 is 46.7 Å². The van der Waals surface area contributed by atoms with E-state index in [1.54, 1.807) is 12.1 Å². The maximum Gasteiger partial charge on any atom is 0.253 e. The molecule has 21 heavy (non-hydrogen) atoms. The largest absolute Gasteiger partial charge is 0.368 e. The molecule has 0 fully saturated rings. The van der Waals surface area contributed by atoms with Gasteiger partial charge in [-0.15, -0.1) is 0 Å². The van der Waals surface area contributed by atoms with Crippen molar-refractivity contribution in [2.24, 2.45) is 0 Å². The molecule has 1 unspecified atom stereocenters. The van der Waals surface area contributed by atoms with E-state index in [1.807, 2.05) is 19.1 Å². The number of hydrogen-bond acceptors (Lipinski definition) is 4. The van der Waals surface area contributed by atoms with Crippen LogP contribution in [0.2, 0.25) is 0 Å². The van der Waals surface area contributed by atoms with Crippen LogP contribution in [0.25, 0.3) is 0 Å². The standard InChI is InChI=1S/C12H12Cl3N5O/c1-7-2-4-8(5-3-7)9(21)19-10(12(13,14)15)20-11(16)17-6-18-20/h2-6,10H,1H3,(H,19,21)(H2,16,17,18). The van der Waals surface area contributed by atoms with Gasteiger partial charge in [0.25, 0.3) is 5.91 Å². The third-order valence-corrected chi connectivity index (χ3v) is 3.36. The zero-order valence-electron chi connectivity index (χ0n) is 10.9. The summed E-state index contributed by atoms with van der Waals surface area (Å²) in [5.41, 5.74) is 7.10. The molecule has 1 atom stereocenters. The first-order valence-electron chi connectivity index (χ1n) is 5.88. The number of alkyl halides is 3. The highest BCUT2D eigenvalue weighted by Gasteiger charge is 2.37. The van der Waals surface area contributed by atoms with E-state index < -0.39 is 15.9 Å². The molecule has 0 saturated heterocycles. The summed E-state index contributed by atoms with van der Waals surface area (Å²) in [5, 5.41) is 6.44. The number of rotatable bonds is 3. The molecule has 1 amide bonds. The molecule has 0 saturated carbocycles. The molecule has 3 N–H and O–H groups in total. The number of carbonyl (C=O) groups is 1. The Bertz CT molecular complexity index is 635. The van der Waals surface area contributed by atoms with Gasteiger partial charge in [0.05, 0.1) is 0 Å². The fraction of sp³-hybridized carbons (Fsp3) is 0.250. The summed E-state index contributed by atoms with van der Waals surface area (Å²) in [7, 11) is 0. The Balaban J connectivity index is 2.26. The normalized spacial score (nSPS) is 13.0. The number of nitrogens with two attached hydrogens (primary N) is 1. The Kier molecular flexibility index (Phi) is 4.61. The molecule has 0 aliphatic carbocycles. The van der Waals surface area contributed by atoms with E-state index >= 15 is 0 Å². The lowest BCUT2D eigenvalue weighted by atomic mass is 10.1. The average Bonchev–Trinajstić information content (AvgIpc) is 2.81. The van der Waals surface area contributed by atoms with E-state index in [2.05, 4.69) is 15.4 Å². The Morgan fingerprint density at radius 3 is 2.43 bits per heavy atom. The second kappa shape index (κ2) is 6.09. The maximum atomic E-state index is 12.2. The molecule has 0 aliphatic heterocycles. The first-order valence-corrected chi connectivity index (χ1v) is 7.01. The van der Waals surface area contributed by atoms with Gasteiger partial charge < -0.3 is 11.1 Å². The van der Waals surface area contributed by atoms with Gasteiger partial charge in [0, 0.05) is 5.56 Å². The third kappa shape index (κ3) is 3.78. The number of hydrogen-bond donors (Lipinski definition) is 2. The van der Waals surface area contributed by atoms with Gasteiger partial charge in [0.15, 0.2) is 6.17 Å². The van der Waals surface area contributed by atoms with E-state index in [4.69, 9.17) is 40.5 Å². The molecule has 1 aromatic heterocycles. The van der Waals surface area contributed by atoms with E-state index in [0.29, 0.717) is 5.56 Å². The monoisotopic (exact) mass is 347 g/mol. The maximum absolute atomic E-state index is 12.2. The van der Waals surface area contributed by atoms with E-state index in [-0.39, 0.29) is 5.95 Å². The number of halogens is 3. The van der Waals surface area contributed by atoms with Crippen LogP contribution in [-0.4, -0.2) is 24.5 Å². The van der Waals surface area contributed by atoms with Gasteiger partial charge in [0.1, 0.15) is 6.33 Å². The Labute approximate surface area is 136 Å². The first-order chi connectivity index (χ1) is 9.79. The number of anilines is 1. The average molecular weight is 349 g/mol. The number of aromatic nitrogens is 3. The summed E-state index contributed by atoms with van der Waals surface area (Å²) in [5.74, 6) is -0.392. The highest BCUT2D eigenvalue weighted by molar-refractivity contribution is 6.67. The lowest BCUT2D eigenvalue weighted by Gasteiger charge is -2.26. The molecule has 2 rings (SSSR count). The molecule has 2 aromatic rings. The molecule has 0 bridgehead atoms. The van der Waals surface area contributed by atoms with Crippen molar-refractivity contribution in [3.8, 4) is 0 Å². The number of benzene rings is 1. The van der Waals surface area contributed by atoms with Crippen LogP contribution in [-0.2, 0) is 0 Å². The van der Waals surface area contributed by atoms with Gasteiger partial charge >= 0.3 is 0 Å². The first kappa shape index (κ1) is 15.9. The fourth-order valence-corrected chi connectivity index (χ4v) is 2.09. The van der Waals surface area contributed by atoms with Crippen molar-refractivity contribution < 1.29 is 4.79 Å². The third-order valence-electron chi connectivity index (χ3n) is 2.74. The van der Waals surface area contributed by atoms with Crippen molar-refractivity contribution in [3.05, 3.63) is 41.7 Å². The van der Waals surface area contributed by atoms with Gasteiger partial charge in [-0.3, -0.25) is 4.79 Å². The lowest BCUT2D eigenvalue weighted by molar-refractivity contribution is 0.0917. The number of nitrogens with one attached hydrogen (secondary N) is 1. The second-order valence-corrected chi connectivity index (χ2v) is 6.72. The number of carbonyl (C=O) groups excluding carboxylic acids is 1. The molecule has 0 aliphatic rings. The molecule has 9 heteroatoms. The van der Waals surface area contributed by atoms with Gasteiger partial charge in [-0.25, -0.2) is 4.68 Å². The van der Waals surface area contributed by atoms with Crippen LogP contribution in [0.5, 0.6) is 0 Å². The number of aryl methyl sites for hydroxylation is 1. The number of nitrogens with zero attached hydrogens (tertiary/aromatic N) is 3. The van der Waals surface area contributed by atoms with Crippen molar-refractivity contribution in [2.45, 2.75) is 16.9 Å². The smallest absolute Gasteiger partial charge is 0.253 e. The molecule has 1 aromatic carbocycles. The van der Waals surface area contributed by atoms with Crippen molar-refractivity contribution in [1.82, 2.24) is 20.1 Å². The quantitative estimate of drug-likeness (QED) is 0.834. The van der Waals surface area contributed by atoms with Crippen LogP contribution < -0.4 is 11.1 Å². The Morgan fingerprint density at radius 1 is 1.33 bits per heavy atom. The minimum Gasteiger partial charge on any atom is -0.368 e. The van der Waals surface area contributed by atoms with Crippen molar-refractivity contribution in [3.63, 3.8) is 0 Å². The van der Waals surface area contributed by atoms with Gasteiger partial charge in [-0.05, 0) is 19.1 Å². The second-order valence-electron chi connectivity index (χ2n) is 4.35. The van der Waals surface area contributed by atoms with Crippen LogP contribution in [0.3, 0.4) is 0 Å². The Morgan fingerprint density at radius 2 is 1.95 bits per heavy atom. The number of amides is 1. The molecule has 1 heterocycles. The van der Waals surface area contributed by atoms with Crippen molar-refractivity contribution in [2.75, 3.05) is 5.73 Å². The molecule has 0 spiro atoms. The van der Waals surface area contributed by atoms with E-state index in [1.165, 1.54) is 6.33 Å². The summed E-state index contributed by atoms with van der Waals surface area (Å²) in [6.07, 6.45) is 0.121. The summed E-state index contributed by atoms with van der Waals surface area (Å²) in [6, 6.07) is 6.96. The molecule has 0 radical (unpaired) electrons. The topological polar surface area (TPSA) is 85.8 Å². The predicted molar refractivity (Wildman–Crippen MR) is 82.4 cm³/mol. The van der Waals surface area contributed by atoms with E-state index in [9.17, 15) is 4.79 Å². The van der Waals surface area contributed by atoms with Crippen LogP contribution in [0, 0.1) is 6.92 Å². The van der Waals surface area contributed by atoms with Crippen LogP contribution in [0.1, 0.15) is 22.1 Å².